The van der Waals surface area contributed by atoms with Crippen LogP contribution in [-0.2, 0) is 14.3 Å². The van der Waals surface area contributed by atoms with E-state index in [-0.39, 0.29) is 5.91 Å². The fourth-order valence-electron chi connectivity index (χ4n) is 5.23. The molecule has 0 bridgehead atoms. The lowest BCUT2D eigenvalue weighted by atomic mass is 9.97. The number of benzene rings is 1. The Morgan fingerprint density at radius 3 is 2.50 bits per heavy atom. The van der Waals surface area contributed by atoms with E-state index in [1.54, 1.807) is 4.90 Å². The molecule has 0 unspecified atom stereocenters. The van der Waals surface area contributed by atoms with Gasteiger partial charge >= 0.3 is 5.97 Å². The fraction of sp³-hybridized carbons (Fsp3) is 0.400. The zero-order valence-electron chi connectivity index (χ0n) is 22.0. The second kappa shape index (κ2) is 11.0. The van der Waals surface area contributed by atoms with Crippen LogP contribution in [0.2, 0.25) is 0 Å². The molecule has 0 fully saturated rings. The predicted molar refractivity (Wildman–Crippen MR) is 142 cm³/mol. The molecule has 1 amide bonds. The van der Waals surface area contributed by atoms with Crippen LogP contribution in [0.15, 0.2) is 58.8 Å². The molecule has 0 spiro atoms. The molecule has 1 aromatic carbocycles. The van der Waals surface area contributed by atoms with Gasteiger partial charge < -0.3 is 18.9 Å². The lowest BCUT2D eigenvalue weighted by Gasteiger charge is -2.20. The Kier molecular flexibility index (Phi) is 7.82. The smallest absolute Gasteiger partial charge is 0.340 e. The number of nitrogens with zero attached hydrogens (tertiary/aromatic N) is 2. The Morgan fingerprint density at radius 2 is 1.86 bits per heavy atom. The van der Waals surface area contributed by atoms with Gasteiger partial charge in [0.2, 0.25) is 0 Å². The van der Waals surface area contributed by atoms with Crippen LogP contribution in [0.25, 0.3) is 11.8 Å². The van der Waals surface area contributed by atoms with E-state index in [1.165, 1.54) is 25.5 Å². The summed E-state index contributed by atoms with van der Waals surface area (Å²) in [5, 5.41) is 0. The van der Waals surface area contributed by atoms with Gasteiger partial charge in [0, 0.05) is 29.3 Å². The zero-order valence-corrected chi connectivity index (χ0v) is 22.0. The van der Waals surface area contributed by atoms with Gasteiger partial charge in [0.25, 0.3) is 5.91 Å². The minimum atomic E-state index is -0.480. The third-order valence-electron chi connectivity index (χ3n) is 7.12. The summed E-state index contributed by atoms with van der Waals surface area (Å²) in [5.74, 6) is 0.206. The summed E-state index contributed by atoms with van der Waals surface area (Å²) in [6.45, 7) is 9.05. The van der Waals surface area contributed by atoms with Crippen molar-refractivity contribution in [2.24, 2.45) is 0 Å². The molecule has 2 heterocycles. The van der Waals surface area contributed by atoms with Gasteiger partial charge in [-0.2, -0.15) is 0 Å². The van der Waals surface area contributed by atoms with Crippen LogP contribution in [-0.4, -0.2) is 41.6 Å². The normalized spacial score (nSPS) is 17.1. The summed E-state index contributed by atoms with van der Waals surface area (Å²) in [7, 11) is 1.36. The maximum atomic E-state index is 13.6. The van der Waals surface area contributed by atoms with E-state index in [0.29, 0.717) is 30.0 Å². The van der Waals surface area contributed by atoms with Gasteiger partial charge in [0.15, 0.2) is 0 Å². The number of allylic oxidation sites excluding steroid dienone is 2. The Labute approximate surface area is 213 Å². The highest BCUT2D eigenvalue weighted by Gasteiger charge is 2.37. The molecule has 2 aliphatic rings. The highest BCUT2D eigenvalue weighted by Crippen LogP contribution is 2.34. The molecule has 1 aliphatic carbocycles. The molecule has 6 nitrogen and oxygen atoms in total. The molecule has 6 heteroatoms. The number of hydrogen-bond acceptors (Lipinski definition) is 4. The van der Waals surface area contributed by atoms with Crippen molar-refractivity contribution in [1.82, 2.24) is 9.47 Å². The van der Waals surface area contributed by atoms with Crippen molar-refractivity contribution >= 4 is 18.0 Å². The first-order valence-corrected chi connectivity index (χ1v) is 12.8. The van der Waals surface area contributed by atoms with Crippen LogP contribution in [0, 0.1) is 13.8 Å². The van der Waals surface area contributed by atoms with Crippen molar-refractivity contribution < 1.29 is 19.1 Å². The van der Waals surface area contributed by atoms with Crippen LogP contribution < -0.4 is 4.74 Å². The van der Waals surface area contributed by atoms with Gasteiger partial charge in [-0.3, -0.25) is 4.79 Å². The summed E-state index contributed by atoms with van der Waals surface area (Å²) < 4.78 is 12.8. The topological polar surface area (TPSA) is 60.8 Å². The van der Waals surface area contributed by atoms with Crippen molar-refractivity contribution in [3.8, 4) is 11.4 Å². The zero-order chi connectivity index (χ0) is 25.8. The van der Waals surface area contributed by atoms with E-state index in [1.807, 2.05) is 64.1 Å². The standard InChI is InChI=1S/C30H36N2O4/c1-6-36-26-14-12-25(13-15-26)32-20(2)18-24(21(32)3)19-27-28(30(34)35-5)22(4)31(29(27)33)17-16-23-10-8-7-9-11-23/h10,12-15,18-19H,6-9,11,16-17H2,1-5H3. The molecule has 0 radical (unpaired) electrons. The van der Waals surface area contributed by atoms with Crippen LogP contribution >= 0.6 is 0 Å². The Balaban J connectivity index is 1.67. The molecule has 190 valence electrons. The summed E-state index contributed by atoms with van der Waals surface area (Å²) in [6.07, 6.45) is 9.62. The van der Waals surface area contributed by atoms with E-state index in [2.05, 4.69) is 10.6 Å². The molecule has 0 saturated carbocycles. The van der Waals surface area contributed by atoms with Crippen LogP contribution in [0.3, 0.4) is 0 Å². The minimum Gasteiger partial charge on any atom is -0.494 e. The van der Waals surface area contributed by atoms with Crippen molar-refractivity contribution in [3.63, 3.8) is 0 Å². The lowest BCUT2D eigenvalue weighted by molar-refractivity contribution is -0.136. The summed E-state index contributed by atoms with van der Waals surface area (Å²) in [6, 6.07) is 10.0. The molecule has 0 N–H and O–H groups in total. The molecule has 36 heavy (non-hydrogen) atoms. The maximum absolute atomic E-state index is 13.6. The number of amides is 1. The quantitative estimate of drug-likeness (QED) is 0.258. The molecule has 1 aromatic heterocycles. The van der Waals surface area contributed by atoms with Gasteiger partial charge in [0.1, 0.15) is 5.75 Å². The number of aryl methyl sites for hydroxylation is 1. The first-order chi connectivity index (χ1) is 17.3. The number of ether oxygens (including phenoxy) is 2. The van der Waals surface area contributed by atoms with E-state index in [9.17, 15) is 9.59 Å². The highest BCUT2D eigenvalue weighted by atomic mass is 16.5. The van der Waals surface area contributed by atoms with Gasteiger partial charge in [-0.1, -0.05) is 11.6 Å². The molecular formula is C30H36N2O4. The Bertz CT molecular complexity index is 1240. The number of aromatic nitrogens is 1. The number of esters is 1. The average molecular weight is 489 g/mol. The van der Waals surface area contributed by atoms with Crippen molar-refractivity contribution in [3.05, 3.63) is 75.8 Å². The molecular weight excluding hydrogens is 452 g/mol. The number of hydrogen-bond donors (Lipinski definition) is 0. The van der Waals surface area contributed by atoms with Crippen LogP contribution in [0.4, 0.5) is 0 Å². The van der Waals surface area contributed by atoms with E-state index in [0.717, 1.165) is 47.7 Å². The summed E-state index contributed by atoms with van der Waals surface area (Å²) >= 11 is 0. The predicted octanol–water partition coefficient (Wildman–Crippen LogP) is 6.06. The van der Waals surface area contributed by atoms with Crippen LogP contribution in [0.1, 0.15) is 62.9 Å². The first kappa shape index (κ1) is 25.5. The third kappa shape index (κ3) is 5.03. The monoisotopic (exact) mass is 488 g/mol. The molecule has 0 atom stereocenters. The molecule has 4 rings (SSSR count). The van der Waals surface area contributed by atoms with Gasteiger partial charge in [0.05, 0.1) is 24.9 Å². The SMILES string of the molecule is CCOc1ccc(-n2c(C)cc(C=C3C(=O)N(CCC4=CCCCC4)C(C)=C3C(=O)OC)c2C)cc1. The Morgan fingerprint density at radius 1 is 1.11 bits per heavy atom. The number of methoxy groups -OCH3 is 1. The third-order valence-corrected chi connectivity index (χ3v) is 7.12. The van der Waals surface area contributed by atoms with E-state index >= 15 is 0 Å². The van der Waals surface area contributed by atoms with Crippen LogP contribution in [0.5, 0.6) is 5.75 Å². The van der Waals surface area contributed by atoms with Gasteiger partial charge in [-0.15, -0.1) is 0 Å². The Hall–Kier alpha value is -3.54. The van der Waals surface area contributed by atoms with Crippen molar-refractivity contribution in [1.29, 1.82) is 0 Å². The molecule has 2 aromatic rings. The number of carbonyl (C=O) groups is 2. The number of carbonyl (C=O) groups excluding carboxylic acids is 2. The first-order valence-electron chi connectivity index (χ1n) is 12.8. The fourth-order valence-corrected chi connectivity index (χ4v) is 5.23. The van der Waals surface area contributed by atoms with E-state index < -0.39 is 5.97 Å². The van der Waals surface area contributed by atoms with Gasteiger partial charge in [-0.25, -0.2) is 4.79 Å². The number of rotatable bonds is 8. The van der Waals surface area contributed by atoms with Gasteiger partial charge in [-0.05, 0) is 102 Å². The second-order valence-corrected chi connectivity index (χ2v) is 9.41. The van der Waals surface area contributed by atoms with E-state index in [4.69, 9.17) is 9.47 Å². The lowest BCUT2D eigenvalue weighted by Crippen LogP contribution is -2.26. The molecule has 0 saturated heterocycles. The average Bonchev–Trinajstić information content (AvgIpc) is 3.29. The second-order valence-electron chi connectivity index (χ2n) is 9.41. The summed E-state index contributed by atoms with van der Waals surface area (Å²) in [4.78, 5) is 28.1. The maximum Gasteiger partial charge on any atom is 0.340 e. The largest absolute Gasteiger partial charge is 0.494 e. The minimum absolute atomic E-state index is 0.143. The summed E-state index contributed by atoms with van der Waals surface area (Å²) in [5.41, 5.74) is 6.75. The highest BCUT2D eigenvalue weighted by molar-refractivity contribution is 6.16. The van der Waals surface area contributed by atoms with Crippen molar-refractivity contribution in [2.75, 3.05) is 20.3 Å². The van der Waals surface area contributed by atoms with Crippen molar-refractivity contribution in [2.45, 2.75) is 59.8 Å². The molecule has 1 aliphatic heterocycles.